The number of anilines is 1. The van der Waals surface area contributed by atoms with E-state index in [1.807, 2.05) is 0 Å². The van der Waals surface area contributed by atoms with Crippen molar-refractivity contribution in [2.75, 3.05) is 12.3 Å². The number of halogens is 1. The van der Waals surface area contributed by atoms with E-state index < -0.39 is 18.2 Å². The molecular weight excluding hydrogens is 246 g/mol. The van der Waals surface area contributed by atoms with Crippen LogP contribution in [-0.2, 0) is 9.53 Å². The lowest BCUT2D eigenvalue weighted by molar-refractivity contribution is -0.159. The number of benzene rings is 1. The summed E-state index contributed by atoms with van der Waals surface area (Å²) in [6, 6.07) is 4.42. The van der Waals surface area contributed by atoms with Crippen molar-refractivity contribution in [2.24, 2.45) is 0 Å². The number of nitrogens with two attached hydrogens (primary N) is 1. The average Bonchev–Trinajstić information content (AvgIpc) is 2.30. The Balaban J connectivity index is 2.91. The summed E-state index contributed by atoms with van der Waals surface area (Å²) in [6.07, 6.45) is -3.15. The number of carbonyl (C=O) groups is 1. The van der Waals surface area contributed by atoms with Gasteiger partial charge in [0.25, 0.3) is 0 Å². The van der Waals surface area contributed by atoms with Gasteiger partial charge in [-0.25, -0.2) is 4.79 Å². The van der Waals surface area contributed by atoms with Crippen molar-refractivity contribution in [1.82, 2.24) is 0 Å². The van der Waals surface area contributed by atoms with E-state index in [-0.39, 0.29) is 17.9 Å². The molecule has 6 heteroatoms. The summed E-state index contributed by atoms with van der Waals surface area (Å²) in [5.74, 6) is -0.903. The Morgan fingerprint density at radius 3 is 2.76 bits per heavy atom. The van der Waals surface area contributed by atoms with Crippen molar-refractivity contribution in [3.63, 3.8) is 0 Å². The second-order valence-electron chi connectivity index (χ2n) is 3.41. The fourth-order valence-electron chi connectivity index (χ4n) is 1.33. The number of nitrogen functional groups attached to an aromatic ring is 1. The Morgan fingerprint density at radius 2 is 2.18 bits per heavy atom. The van der Waals surface area contributed by atoms with E-state index in [1.54, 1.807) is 13.0 Å². The Bertz CT molecular complexity index is 410. The molecule has 1 aromatic rings. The summed E-state index contributed by atoms with van der Waals surface area (Å²) in [4.78, 5) is 11.2. The van der Waals surface area contributed by atoms with Gasteiger partial charge in [0.2, 0.25) is 0 Å². The molecule has 0 radical (unpaired) electrons. The molecule has 0 spiro atoms. The molecule has 1 aromatic carbocycles. The van der Waals surface area contributed by atoms with Crippen LogP contribution in [0.3, 0.4) is 0 Å². The van der Waals surface area contributed by atoms with Gasteiger partial charge in [0.1, 0.15) is 6.10 Å². The van der Waals surface area contributed by atoms with E-state index in [0.717, 1.165) is 0 Å². The highest BCUT2D eigenvalue weighted by atomic mass is 35.5. The molecule has 5 nitrogen and oxygen atoms in total. The summed E-state index contributed by atoms with van der Waals surface area (Å²) in [6.45, 7) is 1.72. The predicted molar refractivity (Wildman–Crippen MR) is 63.5 cm³/mol. The molecule has 0 heterocycles. The van der Waals surface area contributed by atoms with Crippen molar-refractivity contribution in [3.8, 4) is 0 Å². The Hall–Kier alpha value is -1.30. The van der Waals surface area contributed by atoms with Crippen LogP contribution < -0.4 is 5.73 Å². The molecule has 0 aliphatic carbocycles. The van der Waals surface area contributed by atoms with Gasteiger partial charge in [-0.1, -0.05) is 11.6 Å². The first-order chi connectivity index (χ1) is 7.97. The van der Waals surface area contributed by atoms with Crippen LogP contribution in [0.5, 0.6) is 0 Å². The largest absolute Gasteiger partial charge is 0.464 e. The van der Waals surface area contributed by atoms with Gasteiger partial charge in [0.15, 0.2) is 6.10 Å². The number of aliphatic hydroxyl groups excluding tert-OH is 2. The molecule has 0 amide bonds. The second-order valence-corrected chi connectivity index (χ2v) is 3.85. The van der Waals surface area contributed by atoms with Crippen molar-refractivity contribution in [3.05, 3.63) is 28.8 Å². The molecule has 4 N–H and O–H groups in total. The summed E-state index contributed by atoms with van der Waals surface area (Å²) < 4.78 is 4.59. The minimum absolute atomic E-state index is 0.119. The monoisotopic (exact) mass is 259 g/mol. The van der Waals surface area contributed by atoms with Gasteiger partial charge in [0, 0.05) is 16.3 Å². The molecule has 94 valence electrons. The molecule has 2 unspecified atom stereocenters. The van der Waals surface area contributed by atoms with Crippen molar-refractivity contribution >= 4 is 23.3 Å². The number of carbonyl (C=O) groups excluding carboxylic acids is 1. The summed E-state index contributed by atoms with van der Waals surface area (Å²) in [5.41, 5.74) is 6.05. The van der Waals surface area contributed by atoms with Gasteiger partial charge in [-0.2, -0.15) is 0 Å². The minimum Gasteiger partial charge on any atom is -0.464 e. The third-order valence-corrected chi connectivity index (χ3v) is 2.43. The quantitative estimate of drug-likeness (QED) is 0.551. The van der Waals surface area contributed by atoms with Crippen LogP contribution in [0.4, 0.5) is 5.69 Å². The van der Waals surface area contributed by atoms with Gasteiger partial charge in [-0.3, -0.25) is 0 Å². The molecule has 0 aliphatic rings. The number of esters is 1. The van der Waals surface area contributed by atoms with Crippen LogP contribution in [0.25, 0.3) is 0 Å². The van der Waals surface area contributed by atoms with E-state index in [0.29, 0.717) is 5.02 Å². The van der Waals surface area contributed by atoms with E-state index >= 15 is 0 Å². The van der Waals surface area contributed by atoms with Crippen molar-refractivity contribution < 1.29 is 19.7 Å². The van der Waals surface area contributed by atoms with Gasteiger partial charge in [0.05, 0.1) is 6.61 Å². The van der Waals surface area contributed by atoms with Gasteiger partial charge in [-0.05, 0) is 25.1 Å². The normalized spacial score (nSPS) is 14.1. The fourth-order valence-corrected chi connectivity index (χ4v) is 1.51. The summed E-state index contributed by atoms with van der Waals surface area (Å²) in [7, 11) is 0. The SMILES string of the molecule is CCOC(=O)C(O)C(O)c1cc(Cl)ccc1N. The summed E-state index contributed by atoms with van der Waals surface area (Å²) >= 11 is 5.74. The third-order valence-electron chi connectivity index (χ3n) is 2.19. The maximum atomic E-state index is 11.2. The smallest absolute Gasteiger partial charge is 0.338 e. The number of rotatable bonds is 4. The zero-order valence-corrected chi connectivity index (χ0v) is 10.0. The second kappa shape index (κ2) is 5.86. The molecule has 0 saturated heterocycles. The highest BCUT2D eigenvalue weighted by molar-refractivity contribution is 6.30. The zero-order chi connectivity index (χ0) is 13.0. The first kappa shape index (κ1) is 13.8. The van der Waals surface area contributed by atoms with Crippen LogP contribution in [0, 0.1) is 0 Å². The van der Waals surface area contributed by atoms with E-state index in [1.165, 1.54) is 12.1 Å². The summed E-state index contributed by atoms with van der Waals surface area (Å²) in [5, 5.41) is 19.7. The number of hydrogen-bond donors (Lipinski definition) is 3. The van der Waals surface area contributed by atoms with Crippen LogP contribution in [0.1, 0.15) is 18.6 Å². The maximum absolute atomic E-state index is 11.2. The van der Waals surface area contributed by atoms with E-state index in [9.17, 15) is 15.0 Å². The first-order valence-corrected chi connectivity index (χ1v) is 5.42. The number of ether oxygens (including phenoxy) is 1. The topological polar surface area (TPSA) is 92.8 Å². The lowest BCUT2D eigenvalue weighted by Crippen LogP contribution is -2.30. The standard InChI is InChI=1S/C11H14ClNO4/c1-2-17-11(16)10(15)9(14)7-5-6(12)3-4-8(7)13/h3-5,9-10,14-15H,2,13H2,1H3. The Kier molecular flexibility index (Phi) is 4.74. The average molecular weight is 260 g/mol. The van der Waals surface area contributed by atoms with E-state index in [2.05, 4.69) is 4.74 Å². The third kappa shape index (κ3) is 3.33. The molecule has 2 atom stereocenters. The zero-order valence-electron chi connectivity index (χ0n) is 9.26. The molecular formula is C11H14ClNO4. The minimum atomic E-state index is -1.68. The highest BCUT2D eigenvalue weighted by Gasteiger charge is 2.28. The molecule has 0 bridgehead atoms. The highest BCUT2D eigenvalue weighted by Crippen LogP contribution is 2.26. The van der Waals surface area contributed by atoms with Crippen LogP contribution in [-0.4, -0.2) is 28.9 Å². The maximum Gasteiger partial charge on any atom is 0.338 e. The molecule has 0 fully saturated rings. The molecule has 1 rings (SSSR count). The van der Waals surface area contributed by atoms with E-state index in [4.69, 9.17) is 17.3 Å². The van der Waals surface area contributed by atoms with Gasteiger partial charge in [-0.15, -0.1) is 0 Å². The van der Waals surface area contributed by atoms with Crippen LogP contribution in [0.15, 0.2) is 18.2 Å². The van der Waals surface area contributed by atoms with Crippen molar-refractivity contribution in [2.45, 2.75) is 19.1 Å². The fraction of sp³-hybridized carbons (Fsp3) is 0.364. The van der Waals surface area contributed by atoms with Gasteiger partial charge < -0.3 is 20.7 Å². The lowest BCUT2D eigenvalue weighted by Gasteiger charge is -2.18. The van der Waals surface area contributed by atoms with Crippen molar-refractivity contribution in [1.29, 1.82) is 0 Å². The molecule has 0 aromatic heterocycles. The number of hydrogen-bond acceptors (Lipinski definition) is 5. The molecule has 0 saturated carbocycles. The molecule has 0 aliphatic heterocycles. The first-order valence-electron chi connectivity index (χ1n) is 5.05. The Morgan fingerprint density at radius 1 is 1.53 bits per heavy atom. The predicted octanol–water partition coefficient (Wildman–Crippen LogP) is 0.880. The van der Waals surface area contributed by atoms with Crippen LogP contribution >= 0.6 is 11.6 Å². The van der Waals surface area contributed by atoms with Gasteiger partial charge >= 0.3 is 5.97 Å². The van der Waals surface area contributed by atoms with Crippen LogP contribution in [0.2, 0.25) is 5.02 Å². The molecule has 17 heavy (non-hydrogen) atoms. The lowest BCUT2D eigenvalue weighted by atomic mass is 10.0. The number of aliphatic hydroxyl groups is 2. The Labute approximate surface area is 104 Å².